The van der Waals surface area contributed by atoms with E-state index in [1.165, 1.54) is 6.20 Å². The van der Waals surface area contributed by atoms with Gasteiger partial charge in [-0.25, -0.2) is 9.78 Å². The van der Waals surface area contributed by atoms with Crippen LogP contribution in [0.15, 0.2) is 66.9 Å². The lowest BCUT2D eigenvalue weighted by molar-refractivity contribution is -0.896. The zero-order chi connectivity index (χ0) is 27.0. The molecule has 0 unspecified atom stereocenters. The number of aliphatic hydroxyl groups is 1. The van der Waals surface area contributed by atoms with E-state index in [-0.39, 0.29) is 42.6 Å². The van der Waals surface area contributed by atoms with Crippen molar-refractivity contribution in [2.45, 2.75) is 44.8 Å². The number of rotatable bonds is 9. The first kappa shape index (κ1) is 30.5. The molecule has 2 heterocycles. The highest BCUT2D eigenvalue weighted by Crippen LogP contribution is 2.30. The topological polar surface area (TPSA) is 101 Å². The van der Waals surface area contributed by atoms with E-state index >= 15 is 0 Å². The van der Waals surface area contributed by atoms with Crippen molar-refractivity contribution < 1.29 is 47.9 Å². The summed E-state index contributed by atoms with van der Waals surface area (Å²) in [5.74, 6) is 0.344. The number of hydrogen-bond donors (Lipinski definition) is 3. The third kappa shape index (κ3) is 9.29. The van der Waals surface area contributed by atoms with Crippen LogP contribution in [0, 0.1) is 0 Å². The molecule has 2 aromatic carbocycles. The quantitative estimate of drug-likeness (QED) is 0.245. The molecular weight excluding hydrogens is 607 g/mol. The summed E-state index contributed by atoms with van der Waals surface area (Å²) in [6.07, 6.45) is 4.41. The van der Waals surface area contributed by atoms with Crippen LogP contribution in [0.1, 0.15) is 36.8 Å². The summed E-state index contributed by atoms with van der Waals surface area (Å²) >= 11 is 0. The fraction of sp³-hybridized carbons (Fsp3) is 0.367. The molecule has 208 valence electrons. The summed E-state index contributed by atoms with van der Waals surface area (Å²) < 4.78 is 6.72. The smallest absolute Gasteiger partial charge is 0.411 e. The summed E-state index contributed by atoms with van der Waals surface area (Å²) in [6, 6.07) is 19.3. The first-order chi connectivity index (χ1) is 18.3. The zero-order valence-corrected chi connectivity index (χ0v) is 24.7. The Kier molecular flexibility index (Phi) is 11.3. The monoisotopic (exact) mass is 644 g/mol. The number of hydrogen-bond acceptors (Lipinski definition) is 5. The summed E-state index contributed by atoms with van der Waals surface area (Å²) in [4.78, 5) is 29.3. The van der Waals surface area contributed by atoms with Gasteiger partial charge in [0.25, 0.3) is 0 Å². The number of aromatic nitrogens is 1. The maximum Gasteiger partial charge on any atom is 0.411 e. The van der Waals surface area contributed by atoms with Crippen LogP contribution < -0.4 is 34.6 Å². The molecule has 39 heavy (non-hydrogen) atoms. The Bertz CT molecular complexity index is 1230. The Morgan fingerprint density at radius 2 is 1.72 bits per heavy atom. The minimum atomic E-state index is -0.435. The highest BCUT2D eigenvalue weighted by Gasteiger charge is 2.28. The number of aliphatic hydroxyl groups excluding tert-OH is 1. The van der Waals surface area contributed by atoms with Crippen LogP contribution in [-0.4, -0.2) is 59.9 Å². The van der Waals surface area contributed by atoms with Gasteiger partial charge < -0.3 is 43.6 Å². The van der Waals surface area contributed by atoms with Crippen molar-refractivity contribution >= 4 is 23.5 Å². The van der Waals surface area contributed by atoms with E-state index in [1.807, 2.05) is 48.5 Å². The van der Waals surface area contributed by atoms with Crippen molar-refractivity contribution in [3.05, 3.63) is 78.0 Å². The second-order valence-electron chi connectivity index (χ2n) is 10.5. The molecule has 0 aliphatic carbocycles. The highest BCUT2D eigenvalue weighted by molar-refractivity contribution is 5.92. The molecule has 0 atom stereocenters. The Balaban J connectivity index is 0.00000420. The number of ether oxygens (including phenoxy) is 1. The van der Waals surface area contributed by atoms with Gasteiger partial charge in [0.05, 0.1) is 39.5 Å². The minimum Gasteiger partial charge on any atom is -1.00 e. The van der Waals surface area contributed by atoms with Gasteiger partial charge >= 0.3 is 6.09 Å². The van der Waals surface area contributed by atoms with Crippen molar-refractivity contribution in [1.82, 2.24) is 4.98 Å². The Hall–Kier alpha value is -3.02. The predicted molar refractivity (Wildman–Crippen MR) is 149 cm³/mol. The van der Waals surface area contributed by atoms with E-state index in [9.17, 15) is 9.59 Å². The van der Waals surface area contributed by atoms with Crippen LogP contribution >= 0.6 is 0 Å². The summed E-state index contributed by atoms with van der Waals surface area (Å²) in [7, 11) is 4.40. The van der Waals surface area contributed by atoms with E-state index < -0.39 is 6.09 Å². The van der Waals surface area contributed by atoms with Gasteiger partial charge in [0.15, 0.2) is 0 Å². The summed E-state index contributed by atoms with van der Waals surface area (Å²) in [6.45, 7) is 1.89. The van der Waals surface area contributed by atoms with Crippen molar-refractivity contribution in [3.63, 3.8) is 0 Å². The van der Waals surface area contributed by atoms with Gasteiger partial charge in [-0.15, -0.1) is 0 Å². The van der Waals surface area contributed by atoms with Gasteiger partial charge in [0, 0.05) is 31.0 Å². The molecule has 4 rings (SSSR count). The number of carbonyl (C=O) groups is 2. The van der Waals surface area contributed by atoms with E-state index in [2.05, 4.69) is 29.7 Å². The number of aryl methyl sites for hydroxylation is 1. The molecule has 1 fully saturated rings. The largest absolute Gasteiger partial charge is 1.00 e. The number of halogens is 1. The third-order valence-corrected chi connectivity index (χ3v) is 6.94. The van der Waals surface area contributed by atoms with Gasteiger partial charge in [0.1, 0.15) is 11.9 Å². The van der Waals surface area contributed by atoms with E-state index in [1.54, 1.807) is 12.1 Å². The van der Waals surface area contributed by atoms with Gasteiger partial charge in [-0.2, -0.15) is 0 Å². The first-order valence-corrected chi connectivity index (χ1v) is 13.1. The van der Waals surface area contributed by atoms with Gasteiger partial charge in [-0.1, -0.05) is 48.5 Å². The number of anilines is 2. The molecule has 0 radical (unpaired) electrons. The van der Waals surface area contributed by atoms with Crippen molar-refractivity contribution in [2.24, 2.45) is 0 Å². The van der Waals surface area contributed by atoms with Gasteiger partial charge in [-0.3, -0.25) is 10.1 Å². The van der Waals surface area contributed by atoms with Crippen LogP contribution in [0.4, 0.5) is 16.3 Å². The predicted octanol–water partition coefficient (Wildman–Crippen LogP) is 1.99. The van der Waals surface area contributed by atoms with Crippen LogP contribution in [0.25, 0.3) is 11.1 Å². The molecule has 2 amide bonds. The number of piperidine rings is 1. The molecule has 9 heteroatoms. The second kappa shape index (κ2) is 14.4. The number of nitrogens with zero attached hydrogens (tertiary/aromatic N) is 2. The van der Waals surface area contributed by atoms with E-state index in [0.717, 1.165) is 47.1 Å². The summed E-state index contributed by atoms with van der Waals surface area (Å²) in [5, 5.41) is 14.9. The average Bonchev–Trinajstić information content (AvgIpc) is 2.91. The van der Waals surface area contributed by atoms with Crippen LogP contribution in [0.3, 0.4) is 0 Å². The number of carbonyl (C=O) groups excluding carboxylic acids is 2. The fourth-order valence-electron chi connectivity index (χ4n) is 4.62. The number of likely N-dealkylation sites (tertiary alicyclic amines) is 1. The lowest BCUT2D eigenvalue weighted by Gasteiger charge is -2.36. The molecule has 3 N–H and O–H groups in total. The Morgan fingerprint density at radius 3 is 2.38 bits per heavy atom. The number of amides is 2. The van der Waals surface area contributed by atoms with Gasteiger partial charge in [-0.05, 0) is 41.7 Å². The molecule has 0 saturated carbocycles. The van der Waals surface area contributed by atoms with Crippen LogP contribution in [-0.2, 0) is 22.6 Å². The molecule has 8 nitrogen and oxygen atoms in total. The molecule has 1 aliphatic heterocycles. The lowest BCUT2D eigenvalue weighted by atomic mass is 9.99. The molecule has 0 spiro atoms. The molecule has 1 aliphatic rings. The molecule has 3 aromatic rings. The Morgan fingerprint density at radius 1 is 1.00 bits per heavy atom. The zero-order valence-electron chi connectivity index (χ0n) is 22.5. The van der Waals surface area contributed by atoms with Crippen molar-refractivity contribution in [1.29, 1.82) is 0 Å². The summed E-state index contributed by atoms with van der Waals surface area (Å²) in [5.41, 5.74) is 4.34. The van der Waals surface area contributed by atoms with Crippen LogP contribution in [0.2, 0.25) is 0 Å². The normalized spacial score (nSPS) is 14.6. The maximum atomic E-state index is 12.8. The van der Waals surface area contributed by atoms with Crippen molar-refractivity contribution in [3.8, 4) is 11.1 Å². The lowest BCUT2D eigenvalue weighted by Crippen LogP contribution is -3.00. The molecule has 1 aromatic heterocycles. The fourth-order valence-corrected chi connectivity index (χ4v) is 4.62. The third-order valence-electron chi connectivity index (χ3n) is 6.94. The molecule has 1 saturated heterocycles. The van der Waals surface area contributed by atoms with E-state index in [0.29, 0.717) is 36.3 Å². The highest BCUT2D eigenvalue weighted by atomic mass is 127. The maximum absolute atomic E-state index is 12.8. The molecule has 0 bridgehead atoms. The van der Waals surface area contributed by atoms with Crippen molar-refractivity contribution in [2.75, 3.05) is 37.8 Å². The van der Waals surface area contributed by atoms with Crippen LogP contribution in [0.5, 0.6) is 0 Å². The SMILES string of the molecule is C[N+]1(C)CCC(OC(=O)Nc2cc(CCCC(=O)Nc3ccc(CO)cn3)ccc2-c2ccccc2)CC1.[I-]. The first-order valence-electron chi connectivity index (χ1n) is 13.1. The standard InChI is InChI=1S/C30H36N4O4.HI/c1-34(2)17-15-25(16-18-34)38-30(37)32-27-19-22(11-13-26(27)24-8-4-3-5-9-24)7-6-10-29(36)33-28-14-12-23(21-35)20-31-28;/h3-5,8-9,11-14,19-20,25,35H,6-7,10,15-18,21H2,1-2H3,(H-,31,32,33,36,37);1H. The van der Waals surface area contributed by atoms with E-state index in [4.69, 9.17) is 9.84 Å². The number of benzene rings is 2. The minimum absolute atomic E-state index is 0. The van der Waals surface area contributed by atoms with Gasteiger partial charge in [0.2, 0.25) is 5.91 Å². The number of quaternary nitrogens is 1. The average molecular weight is 645 g/mol. The second-order valence-corrected chi connectivity index (χ2v) is 10.5. The number of nitrogens with one attached hydrogen (secondary N) is 2. The number of pyridine rings is 1. The molecular formula is C30H37IN4O4. The Labute approximate surface area is 247 Å².